The highest BCUT2D eigenvalue weighted by atomic mass is 32.2. The Labute approximate surface area is 132 Å². The average Bonchev–Trinajstić information content (AvgIpc) is 2.47. The largest absolute Gasteiger partial charge is 0.265 e. The third-order valence-corrected chi connectivity index (χ3v) is 5.32. The zero-order chi connectivity index (χ0) is 16.4. The van der Waals surface area contributed by atoms with Crippen molar-refractivity contribution in [2.45, 2.75) is 44.0 Å². The molecule has 118 valence electrons. The molecule has 2 aromatic rings. The van der Waals surface area contributed by atoms with Crippen LogP contribution in [0, 0.1) is 0 Å². The van der Waals surface area contributed by atoms with Gasteiger partial charge in [0.25, 0.3) is 0 Å². The van der Waals surface area contributed by atoms with Crippen molar-refractivity contribution in [1.82, 2.24) is 9.71 Å². The summed E-state index contributed by atoms with van der Waals surface area (Å²) < 4.78 is 27.9. The predicted octanol–water partition coefficient (Wildman–Crippen LogP) is 3.42. The van der Waals surface area contributed by atoms with Crippen LogP contribution in [0.5, 0.6) is 0 Å². The van der Waals surface area contributed by atoms with Crippen LogP contribution in [-0.2, 0) is 15.6 Å². The summed E-state index contributed by atoms with van der Waals surface area (Å²) in [6, 6.07) is 10.6. The Kier molecular flexibility index (Phi) is 4.68. The van der Waals surface area contributed by atoms with E-state index in [2.05, 4.69) is 23.6 Å². The summed E-state index contributed by atoms with van der Waals surface area (Å²) in [7, 11) is -3.58. The van der Waals surface area contributed by atoms with Crippen molar-refractivity contribution in [2.24, 2.45) is 0 Å². The zero-order valence-electron chi connectivity index (χ0n) is 13.4. The summed E-state index contributed by atoms with van der Waals surface area (Å²) in [5.41, 5.74) is 1.27. The first kappa shape index (κ1) is 16.6. The summed E-state index contributed by atoms with van der Waals surface area (Å²) in [5.74, 6) is 0.373. The first-order valence-corrected chi connectivity index (χ1v) is 8.75. The van der Waals surface area contributed by atoms with E-state index in [4.69, 9.17) is 0 Å². The van der Waals surface area contributed by atoms with Crippen molar-refractivity contribution in [1.29, 1.82) is 0 Å². The summed E-state index contributed by atoms with van der Waals surface area (Å²) in [6.07, 6.45) is 3.31. The van der Waals surface area contributed by atoms with Gasteiger partial charge < -0.3 is 0 Å². The molecule has 0 unspecified atom stereocenters. The molecule has 0 saturated carbocycles. The molecule has 0 atom stereocenters. The third-order valence-electron chi connectivity index (χ3n) is 3.65. The molecule has 1 aromatic heterocycles. The van der Waals surface area contributed by atoms with Gasteiger partial charge in [0.2, 0.25) is 10.0 Å². The molecule has 0 saturated heterocycles. The lowest BCUT2D eigenvalue weighted by Gasteiger charge is -2.26. The van der Waals surface area contributed by atoms with Crippen LogP contribution in [0.2, 0.25) is 0 Å². The highest BCUT2D eigenvalue weighted by molar-refractivity contribution is 7.89. The summed E-state index contributed by atoms with van der Waals surface area (Å²) in [4.78, 5) is 4.24. The number of sulfonamides is 1. The Hall–Kier alpha value is -1.72. The second kappa shape index (κ2) is 6.18. The van der Waals surface area contributed by atoms with Gasteiger partial charge >= 0.3 is 0 Å². The summed E-state index contributed by atoms with van der Waals surface area (Å²) in [5, 5.41) is 0. The Bertz CT molecular complexity index is 721. The van der Waals surface area contributed by atoms with E-state index in [1.165, 1.54) is 0 Å². The molecule has 1 heterocycles. The molecule has 0 spiro atoms. The average molecular weight is 318 g/mol. The van der Waals surface area contributed by atoms with Crippen molar-refractivity contribution in [3.8, 4) is 0 Å². The van der Waals surface area contributed by atoms with Crippen LogP contribution in [0.3, 0.4) is 0 Å². The number of pyridine rings is 1. The Morgan fingerprint density at radius 1 is 1.00 bits per heavy atom. The minimum Gasteiger partial charge on any atom is -0.265 e. The van der Waals surface area contributed by atoms with E-state index in [0.29, 0.717) is 5.92 Å². The van der Waals surface area contributed by atoms with E-state index < -0.39 is 15.6 Å². The minimum absolute atomic E-state index is 0.277. The van der Waals surface area contributed by atoms with E-state index >= 15 is 0 Å². The van der Waals surface area contributed by atoms with E-state index in [-0.39, 0.29) is 4.90 Å². The SMILES string of the molecule is CC(C)c1ccc(S(=O)(=O)NC(C)(C)c2ccncc2)cc1. The molecule has 0 aliphatic heterocycles. The van der Waals surface area contributed by atoms with E-state index in [0.717, 1.165) is 11.1 Å². The second-order valence-corrected chi connectivity index (χ2v) is 7.87. The number of nitrogens with one attached hydrogen (secondary N) is 1. The zero-order valence-corrected chi connectivity index (χ0v) is 14.2. The van der Waals surface area contributed by atoms with Crippen molar-refractivity contribution >= 4 is 10.0 Å². The van der Waals surface area contributed by atoms with Gasteiger partial charge in [-0.25, -0.2) is 13.1 Å². The summed E-state index contributed by atoms with van der Waals surface area (Å²) in [6.45, 7) is 7.83. The molecule has 1 aromatic carbocycles. The van der Waals surface area contributed by atoms with E-state index in [9.17, 15) is 8.42 Å². The first-order valence-electron chi connectivity index (χ1n) is 7.27. The maximum absolute atomic E-state index is 12.6. The van der Waals surface area contributed by atoms with Gasteiger partial charge in [-0.3, -0.25) is 4.98 Å². The molecule has 0 bridgehead atoms. The molecule has 22 heavy (non-hydrogen) atoms. The summed E-state index contributed by atoms with van der Waals surface area (Å²) >= 11 is 0. The molecule has 0 radical (unpaired) electrons. The van der Waals surface area contributed by atoms with Crippen LogP contribution in [0.1, 0.15) is 44.7 Å². The normalized spacial score (nSPS) is 12.6. The molecule has 0 aliphatic rings. The van der Waals surface area contributed by atoms with Crippen LogP contribution in [0.25, 0.3) is 0 Å². The number of rotatable bonds is 5. The topological polar surface area (TPSA) is 59.1 Å². The van der Waals surface area contributed by atoms with Gasteiger partial charge in [-0.05, 0) is 55.2 Å². The fraction of sp³-hybridized carbons (Fsp3) is 0.353. The highest BCUT2D eigenvalue weighted by Crippen LogP contribution is 2.23. The first-order chi connectivity index (χ1) is 10.2. The minimum atomic E-state index is -3.58. The van der Waals surface area contributed by atoms with Crippen molar-refractivity contribution in [3.05, 3.63) is 59.9 Å². The van der Waals surface area contributed by atoms with Crippen molar-refractivity contribution in [3.63, 3.8) is 0 Å². The van der Waals surface area contributed by atoms with Gasteiger partial charge in [0.1, 0.15) is 0 Å². The van der Waals surface area contributed by atoms with Crippen LogP contribution in [0.4, 0.5) is 0 Å². The Morgan fingerprint density at radius 2 is 1.55 bits per heavy atom. The van der Waals surface area contributed by atoms with Crippen LogP contribution < -0.4 is 4.72 Å². The monoisotopic (exact) mass is 318 g/mol. The molecule has 2 rings (SSSR count). The van der Waals surface area contributed by atoms with Crippen molar-refractivity contribution < 1.29 is 8.42 Å². The van der Waals surface area contributed by atoms with Gasteiger partial charge in [-0.1, -0.05) is 26.0 Å². The molecular formula is C17H22N2O2S. The lowest BCUT2D eigenvalue weighted by molar-refractivity contribution is 0.471. The van der Waals surface area contributed by atoms with Crippen LogP contribution >= 0.6 is 0 Å². The maximum Gasteiger partial charge on any atom is 0.241 e. The molecule has 4 nitrogen and oxygen atoms in total. The lowest BCUT2D eigenvalue weighted by atomic mass is 9.97. The number of hydrogen-bond acceptors (Lipinski definition) is 3. The fourth-order valence-electron chi connectivity index (χ4n) is 2.25. The van der Waals surface area contributed by atoms with Gasteiger partial charge in [0, 0.05) is 12.4 Å². The third kappa shape index (κ3) is 3.72. The van der Waals surface area contributed by atoms with E-state index in [1.54, 1.807) is 24.5 Å². The lowest BCUT2D eigenvalue weighted by Crippen LogP contribution is -2.40. The maximum atomic E-state index is 12.6. The molecule has 5 heteroatoms. The van der Waals surface area contributed by atoms with Gasteiger partial charge in [-0.2, -0.15) is 0 Å². The molecule has 1 N–H and O–H groups in total. The van der Waals surface area contributed by atoms with E-state index in [1.807, 2.05) is 38.1 Å². The molecule has 0 amide bonds. The second-order valence-electron chi connectivity index (χ2n) is 6.19. The number of nitrogens with zero attached hydrogens (tertiary/aromatic N) is 1. The molecule has 0 fully saturated rings. The quantitative estimate of drug-likeness (QED) is 0.919. The molecular weight excluding hydrogens is 296 g/mol. The van der Waals surface area contributed by atoms with Gasteiger partial charge in [0.05, 0.1) is 10.4 Å². The number of hydrogen-bond donors (Lipinski definition) is 1. The Balaban J connectivity index is 2.27. The van der Waals surface area contributed by atoms with Gasteiger partial charge in [-0.15, -0.1) is 0 Å². The fourth-order valence-corrected chi connectivity index (χ4v) is 3.66. The number of aromatic nitrogens is 1. The van der Waals surface area contributed by atoms with Crippen LogP contribution in [0.15, 0.2) is 53.7 Å². The molecule has 0 aliphatic carbocycles. The standard InChI is InChI=1S/C17H22N2O2S/c1-13(2)14-5-7-16(8-6-14)22(20,21)19-17(3,4)15-9-11-18-12-10-15/h5-13,19H,1-4H3. The highest BCUT2D eigenvalue weighted by Gasteiger charge is 2.27. The number of benzene rings is 1. The van der Waals surface area contributed by atoms with Gasteiger partial charge in [0.15, 0.2) is 0 Å². The Morgan fingerprint density at radius 3 is 2.05 bits per heavy atom. The smallest absolute Gasteiger partial charge is 0.241 e. The predicted molar refractivity (Wildman–Crippen MR) is 88.1 cm³/mol. The van der Waals surface area contributed by atoms with Crippen molar-refractivity contribution in [2.75, 3.05) is 0 Å². The van der Waals surface area contributed by atoms with Crippen LogP contribution in [-0.4, -0.2) is 13.4 Å².